The van der Waals surface area contributed by atoms with Crippen molar-refractivity contribution in [1.29, 1.82) is 0 Å². The third-order valence-corrected chi connectivity index (χ3v) is 12.8. The van der Waals surface area contributed by atoms with Gasteiger partial charge in [-0.15, -0.1) is 45.3 Å². The number of benzene rings is 2. The van der Waals surface area contributed by atoms with Gasteiger partial charge in [-0.1, -0.05) is 78.1 Å². The lowest BCUT2D eigenvalue weighted by Gasteiger charge is -1.98. The second-order valence-electron chi connectivity index (χ2n) is 11.1. The molecule has 0 atom stereocenters. The fourth-order valence-corrected chi connectivity index (χ4v) is 10.8. The van der Waals surface area contributed by atoms with Crippen LogP contribution in [0, 0.1) is 0 Å². The molecule has 200 valence electrons. The molecule has 38 heavy (non-hydrogen) atoms. The van der Waals surface area contributed by atoms with Crippen LogP contribution in [0.3, 0.4) is 0 Å². The SMILES string of the molecule is CCCCCCCCc1cc2cc3sc4c5cc6sc(CCCCCCCC)cc6cc5sc4c3cc2s1. The summed E-state index contributed by atoms with van der Waals surface area (Å²) in [5, 5.41) is 5.83. The van der Waals surface area contributed by atoms with Crippen LogP contribution in [0.2, 0.25) is 0 Å². The Morgan fingerprint density at radius 3 is 1.29 bits per heavy atom. The Hall–Kier alpha value is -1.46. The van der Waals surface area contributed by atoms with Crippen LogP contribution < -0.4 is 0 Å². The number of unbranched alkanes of at least 4 members (excludes halogenated alkanes) is 10. The van der Waals surface area contributed by atoms with E-state index in [2.05, 4.69) is 50.2 Å². The number of hydrogen-bond acceptors (Lipinski definition) is 4. The minimum Gasteiger partial charge on any atom is -0.140 e. The first kappa shape index (κ1) is 26.7. The maximum absolute atomic E-state index is 2.50. The zero-order valence-corrected chi connectivity index (χ0v) is 26.3. The highest BCUT2D eigenvalue weighted by atomic mass is 32.1. The van der Waals surface area contributed by atoms with Gasteiger partial charge in [-0.3, -0.25) is 0 Å². The fraction of sp³-hybridized carbons (Fsp3) is 0.471. The van der Waals surface area contributed by atoms with Crippen molar-refractivity contribution in [2.45, 2.75) is 104 Å². The second kappa shape index (κ2) is 12.4. The van der Waals surface area contributed by atoms with Gasteiger partial charge in [0.2, 0.25) is 0 Å². The molecule has 0 aliphatic carbocycles. The number of aryl methyl sites for hydroxylation is 2. The molecule has 0 unspecified atom stereocenters. The van der Waals surface area contributed by atoms with Gasteiger partial charge >= 0.3 is 0 Å². The lowest BCUT2D eigenvalue weighted by Crippen LogP contribution is -1.82. The predicted octanol–water partition coefficient (Wildman–Crippen LogP) is 13.5. The van der Waals surface area contributed by atoms with E-state index in [0.29, 0.717) is 0 Å². The molecule has 0 aliphatic rings. The number of fused-ring (bicyclic) bond motifs is 7. The Balaban J connectivity index is 1.21. The van der Waals surface area contributed by atoms with Gasteiger partial charge in [0.15, 0.2) is 0 Å². The number of hydrogen-bond donors (Lipinski definition) is 0. The third-order valence-electron chi connectivity index (χ3n) is 8.01. The van der Waals surface area contributed by atoms with Gasteiger partial charge in [-0.25, -0.2) is 0 Å². The summed E-state index contributed by atoms with van der Waals surface area (Å²) in [6.45, 7) is 4.59. The molecule has 4 heteroatoms. The van der Waals surface area contributed by atoms with E-state index in [9.17, 15) is 0 Å². The highest BCUT2D eigenvalue weighted by molar-refractivity contribution is 7.36. The highest BCUT2D eigenvalue weighted by Crippen LogP contribution is 2.47. The molecular formula is C34H40S4. The standard InChI is InChI=1S/C34H40S4/c1-3-5-7-9-11-13-15-25-17-23-19-31-27(21-29(23)35-25)33-34(37-31)28-22-30-24(20-32(28)38-33)18-26(36-30)16-14-12-10-8-6-4-2/h17-22H,3-16H2,1-2H3. The Labute approximate surface area is 243 Å². The Kier molecular flexibility index (Phi) is 8.71. The molecule has 0 aliphatic heterocycles. The normalized spacial score (nSPS) is 12.4. The molecule has 0 radical (unpaired) electrons. The first-order valence-corrected chi connectivity index (χ1v) is 18.2. The molecule has 2 aromatic carbocycles. The van der Waals surface area contributed by atoms with E-state index in [1.54, 1.807) is 9.75 Å². The topological polar surface area (TPSA) is 0 Å². The molecule has 4 heterocycles. The molecule has 6 aromatic rings. The van der Waals surface area contributed by atoms with Crippen LogP contribution in [-0.4, -0.2) is 0 Å². The molecule has 0 nitrogen and oxygen atoms in total. The Morgan fingerprint density at radius 1 is 0.421 bits per heavy atom. The van der Waals surface area contributed by atoms with Crippen LogP contribution >= 0.6 is 45.3 Å². The van der Waals surface area contributed by atoms with Crippen molar-refractivity contribution in [2.24, 2.45) is 0 Å². The van der Waals surface area contributed by atoms with Crippen molar-refractivity contribution in [3.63, 3.8) is 0 Å². The third kappa shape index (κ3) is 5.70. The van der Waals surface area contributed by atoms with Crippen LogP contribution in [0.5, 0.6) is 0 Å². The van der Waals surface area contributed by atoms with Crippen LogP contribution in [0.4, 0.5) is 0 Å². The van der Waals surface area contributed by atoms with E-state index in [0.717, 1.165) is 0 Å². The lowest BCUT2D eigenvalue weighted by atomic mass is 10.1. The minimum absolute atomic E-state index is 1.25. The summed E-state index contributed by atoms with van der Waals surface area (Å²) in [6.07, 6.45) is 19.0. The largest absolute Gasteiger partial charge is 0.140 e. The van der Waals surface area contributed by atoms with Gasteiger partial charge in [0.1, 0.15) is 0 Å². The van der Waals surface area contributed by atoms with Crippen molar-refractivity contribution in [2.75, 3.05) is 0 Å². The van der Waals surface area contributed by atoms with Crippen LogP contribution in [-0.2, 0) is 12.8 Å². The molecule has 0 bridgehead atoms. The van der Waals surface area contributed by atoms with E-state index in [4.69, 9.17) is 0 Å². The summed E-state index contributed by atoms with van der Waals surface area (Å²) in [5.74, 6) is 0. The quantitative estimate of drug-likeness (QED) is 0.113. The van der Waals surface area contributed by atoms with Gasteiger partial charge in [-0.2, -0.15) is 0 Å². The summed E-state index contributed by atoms with van der Waals surface area (Å²) in [6, 6.07) is 14.9. The number of rotatable bonds is 14. The summed E-state index contributed by atoms with van der Waals surface area (Å²) in [5.41, 5.74) is 0. The maximum atomic E-state index is 2.50. The van der Waals surface area contributed by atoms with Gasteiger partial charge in [0.05, 0.1) is 9.40 Å². The van der Waals surface area contributed by atoms with Crippen LogP contribution in [0.1, 0.15) is 101 Å². The average Bonchev–Trinajstić information content (AvgIpc) is 3.66. The highest BCUT2D eigenvalue weighted by Gasteiger charge is 2.15. The maximum Gasteiger partial charge on any atom is 0.0542 e. The van der Waals surface area contributed by atoms with Gasteiger partial charge < -0.3 is 0 Å². The predicted molar refractivity (Wildman–Crippen MR) is 180 cm³/mol. The van der Waals surface area contributed by atoms with Crippen molar-refractivity contribution in [3.8, 4) is 0 Å². The van der Waals surface area contributed by atoms with E-state index < -0.39 is 0 Å². The van der Waals surface area contributed by atoms with Gasteiger partial charge in [0.25, 0.3) is 0 Å². The molecular weight excluding hydrogens is 537 g/mol. The Morgan fingerprint density at radius 2 is 0.842 bits per heavy atom. The van der Waals surface area contributed by atoms with Crippen molar-refractivity contribution >= 4 is 95.1 Å². The Bertz CT molecular complexity index is 1530. The monoisotopic (exact) mass is 576 g/mol. The van der Waals surface area contributed by atoms with E-state index in [-0.39, 0.29) is 0 Å². The average molecular weight is 577 g/mol. The first-order chi connectivity index (χ1) is 18.7. The molecule has 0 amide bonds. The zero-order chi connectivity index (χ0) is 25.9. The summed E-state index contributed by atoms with van der Waals surface area (Å²) in [7, 11) is 0. The van der Waals surface area contributed by atoms with E-state index in [1.807, 2.05) is 45.3 Å². The van der Waals surface area contributed by atoms with E-state index in [1.165, 1.54) is 140 Å². The van der Waals surface area contributed by atoms with Crippen LogP contribution in [0.15, 0.2) is 36.4 Å². The molecule has 0 saturated heterocycles. The van der Waals surface area contributed by atoms with E-state index >= 15 is 0 Å². The summed E-state index contributed by atoms with van der Waals surface area (Å²) >= 11 is 8.07. The summed E-state index contributed by atoms with van der Waals surface area (Å²) in [4.78, 5) is 3.13. The van der Waals surface area contributed by atoms with Gasteiger partial charge in [-0.05, 0) is 72.9 Å². The first-order valence-electron chi connectivity index (χ1n) is 15.0. The fourth-order valence-electron chi connectivity index (χ4n) is 5.84. The minimum atomic E-state index is 1.25. The smallest absolute Gasteiger partial charge is 0.0542 e. The molecule has 0 fully saturated rings. The molecule has 0 N–H and O–H groups in total. The molecule has 6 rings (SSSR count). The lowest BCUT2D eigenvalue weighted by molar-refractivity contribution is 0.609. The van der Waals surface area contributed by atoms with Gasteiger partial charge in [0, 0.05) is 39.3 Å². The van der Waals surface area contributed by atoms with Crippen molar-refractivity contribution in [1.82, 2.24) is 0 Å². The molecule has 0 spiro atoms. The number of thiophene rings is 4. The van der Waals surface area contributed by atoms with Crippen LogP contribution in [0.25, 0.3) is 49.7 Å². The second-order valence-corrected chi connectivity index (χ2v) is 15.5. The van der Waals surface area contributed by atoms with Crippen molar-refractivity contribution in [3.05, 3.63) is 46.2 Å². The molecule has 0 saturated carbocycles. The van der Waals surface area contributed by atoms with Crippen molar-refractivity contribution < 1.29 is 0 Å². The molecule has 4 aromatic heterocycles. The summed E-state index contributed by atoms with van der Waals surface area (Å²) < 4.78 is 8.85. The zero-order valence-electron chi connectivity index (χ0n) is 23.0.